The van der Waals surface area contributed by atoms with Gasteiger partial charge in [0, 0.05) is 24.6 Å². The quantitative estimate of drug-likeness (QED) is 0.506. The smallest absolute Gasteiger partial charge is 0.318 e. The van der Waals surface area contributed by atoms with Gasteiger partial charge < -0.3 is 19.4 Å². The SMILES string of the molecule is CCCCNC(=O)C[C@@H]1C[C@@]2(C(=O)OCC)CCC=C2N(Cc2ccco2)C1=O. The molecule has 0 unspecified atom stereocenters. The number of rotatable bonds is 9. The van der Waals surface area contributed by atoms with E-state index in [1.165, 1.54) is 0 Å². The zero-order valence-electron chi connectivity index (χ0n) is 17.2. The van der Waals surface area contributed by atoms with Crippen molar-refractivity contribution in [2.75, 3.05) is 13.2 Å². The van der Waals surface area contributed by atoms with E-state index in [-0.39, 0.29) is 37.4 Å². The molecule has 7 heteroatoms. The Morgan fingerprint density at radius 2 is 2.21 bits per heavy atom. The second-order valence-electron chi connectivity index (χ2n) is 7.74. The number of esters is 1. The number of allylic oxidation sites excluding steroid dienone is 1. The molecule has 2 heterocycles. The van der Waals surface area contributed by atoms with E-state index in [9.17, 15) is 14.4 Å². The summed E-state index contributed by atoms with van der Waals surface area (Å²) < 4.78 is 10.8. The molecule has 1 aromatic heterocycles. The fourth-order valence-electron chi connectivity index (χ4n) is 4.34. The molecule has 2 atom stereocenters. The van der Waals surface area contributed by atoms with E-state index in [4.69, 9.17) is 9.15 Å². The number of nitrogens with one attached hydrogen (secondary N) is 1. The van der Waals surface area contributed by atoms with E-state index < -0.39 is 11.3 Å². The standard InChI is InChI=1S/C22H30N2O5/c1-3-5-11-23-19(25)13-16-14-22(21(27)28-4-2)10-6-9-18(22)24(20(16)26)15-17-8-7-12-29-17/h7-9,12,16H,3-6,10-11,13-15H2,1-2H3,(H,23,25)/t16-,22+/m1/s1. The maximum absolute atomic E-state index is 13.3. The maximum Gasteiger partial charge on any atom is 0.318 e. The second-order valence-corrected chi connectivity index (χ2v) is 7.74. The summed E-state index contributed by atoms with van der Waals surface area (Å²) in [6.07, 6.45) is 7.08. The van der Waals surface area contributed by atoms with Gasteiger partial charge in [0.1, 0.15) is 11.2 Å². The molecule has 1 aromatic rings. The Bertz CT molecular complexity index is 770. The van der Waals surface area contributed by atoms with Crippen LogP contribution in [-0.2, 0) is 25.7 Å². The zero-order valence-corrected chi connectivity index (χ0v) is 17.2. The third-order valence-corrected chi connectivity index (χ3v) is 5.74. The van der Waals surface area contributed by atoms with Gasteiger partial charge in [-0.25, -0.2) is 0 Å². The van der Waals surface area contributed by atoms with E-state index in [2.05, 4.69) is 12.2 Å². The summed E-state index contributed by atoms with van der Waals surface area (Å²) in [5, 5.41) is 2.88. The number of hydrogen-bond acceptors (Lipinski definition) is 5. The number of unbranched alkanes of at least 4 members (excludes halogenated alkanes) is 1. The molecule has 0 spiro atoms. The van der Waals surface area contributed by atoms with E-state index in [0.29, 0.717) is 37.3 Å². The molecule has 3 rings (SSSR count). The average Bonchev–Trinajstić information content (AvgIpc) is 3.35. The van der Waals surface area contributed by atoms with Crippen LogP contribution in [0.1, 0.15) is 58.1 Å². The molecule has 7 nitrogen and oxygen atoms in total. The molecule has 0 saturated carbocycles. The summed E-state index contributed by atoms with van der Waals surface area (Å²) >= 11 is 0. The Kier molecular flexibility index (Phi) is 6.77. The number of nitrogens with zero attached hydrogens (tertiary/aromatic N) is 1. The van der Waals surface area contributed by atoms with Gasteiger partial charge in [0.05, 0.1) is 19.4 Å². The van der Waals surface area contributed by atoms with E-state index >= 15 is 0 Å². The molecular weight excluding hydrogens is 372 g/mol. The largest absolute Gasteiger partial charge is 0.467 e. The van der Waals surface area contributed by atoms with Gasteiger partial charge in [0.25, 0.3) is 0 Å². The number of amides is 2. The van der Waals surface area contributed by atoms with Crippen molar-refractivity contribution in [1.82, 2.24) is 10.2 Å². The monoisotopic (exact) mass is 402 g/mol. The van der Waals surface area contributed by atoms with Crippen LogP contribution in [-0.4, -0.2) is 35.8 Å². The molecule has 1 aliphatic heterocycles. The molecule has 2 aliphatic rings. The van der Waals surface area contributed by atoms with Crippen molar-refractivity contribution in [2.24, 2.45) is 11.3 Å². The van der Waals surface area contributed by atoms with Gasteiger partial charge in [-0.15, -0.1) is 0 Å². The summed E-state index contributed by atoms with van der Waals surface area (Å²) in [5.74, 6) is -0.528. The normalized spacial score (nSPS) is 23.5. The fraction of sp³-hybridized carbons (Fsp3) is 0.591. The predicted molar refractivity (Wildman–Crippen MR) is 106 cm³/mol. The maximum atomic E-state index is 13.3. The topological polar surface area (TPSA) is 88.8 Å². The van der Waals surface area contributed by atoms with Crippen LogP contribution < -0.4 is 5.32 Å². The summed E-state index contributed by atoms with van der Waals surface area (Å²) in [6, 6.07) is 3.57. The van der Waals surface area contributed by atoms with E-state index in [0.717, 1.165) is 12.8 Å². The minimum atomic E-state index is -0.870. The Morgan fingerprint density at radius 1 is 1.38 bits per heavy atom. The van der Waals surface area contributed by atoms with Crippen LogP contribution in [0.3, 0.4) is 0 Å². The van der Waals surface area contributed by atoms with Crippen LogP contribution in [0.5, 0.6) is 0 Å². The first-order chi connectivity index (χ1) is 14.0. The minimum absolute atomic E-state index is 0.0750. The third kappa shape index (κ3) is 4.38. The first-order valence-corrected chi connectivity index (χ1v) is 10.5. The lowest BCUT2D eigenvalue weighted by Gasteiger charge is -2.43. The van der Waals surface area contributed by atoms with Crippen LogP contribution in [0.4, 0.5) is 0 Å². The number of carbonyl (C=O) groups is 3. The highest BCUT2D eigenvalue weighted by molar-refractivity contribution is 5.92. The van der Waals surface area contributed by atoms with Crippen molar-refractivity contribution in [3.63, 3.8) is 0 Å². The summed E-state index contributed by atoms with van der Waals surface area (Å²) in [7, 11) is 0. The lowest BCUT2D eigenvalue weighted by Crippen LogP contribution is -2.52. The molecule has 158 valence electrons. The fourth-order valence-corrected chi connectivity index (χ4v) is 4.34. The molecule has 1 saturated heterocycles. The van der Waals surface area contributed by atoms with Crippen molar-refractivity contribution >= 4 is 17.8 Å². The lowest BCUT2D eigenvalue weighted by molar-refractivity contribution is -0.161. The predicted octanol–water partition coefficient (Wildman–Crippen LogP) is 3.16. The van der Waals surface area contributed by atoms with Crippen LogP contribution in [0.25, 0.3) is 0 Å². The highest BCUT2D eigenvalue weighted by Crippen LogP contribution is 2.51. The second kappa shape index (κ2) is 9.29. The minimum Gasteiger partial charge on any atom is -0.467 e. The molecule has 1 aliphatic carbocycles. The van der Waals surface area contributed by atoms with Crippen molar-refractivity contribution in [3.8, 4) is 0 Å². The number of furan rings is 1. The van der Waals surface area contributed by atoms with E-state index in [1.807, 2.05) is 6.08 Å². The van der Waals surface area contributed by atoms with Crippen molar-refractivity contribution in [3.05, 3.63) is 35.9 Å². The Hall–Kier alpha value is -2.57. The van der Waals surface area contributed by atoms with Crippen molar-refractivity contribution in [1.29, 1.82) is 0 Å². The van der Waals surface area contributed by atoms with Crippen LogP contribution in [0, 0.1) is 11.3 Å². The van der Waals surface area contributed by atoms with Crippen LogP contribution in [0.15, 0.2) is 34.6 Å². The number of piperidine rings is 1. The summed E-state index contributed by atoms with van der Waals surface area (Å²) in [6.45, 7) is 4.95. The number of fused-ring (bicyclic) bond motifs is 1. The van der Waals surface area contributed by atoms with E-state index in [1.54, 1.807) is 30.2 Å². The van der Waals surface area contributed by atoms with Gasteiger partial charge in [0.15, 0.2) is 0 Å². The Balaban J connectivity index is 1.85. The van der Waals surface area contributed by atoms with Gasteiger partial charge in [-0.1, -0.05) is 19.4 Å². The molecule has 1 N–H and O–H groups in total. The number of likely N-dealkylation sites (tertiary alicyclic amines) is 1. The first kappa shape index (κ1) is 21.1. The molecule has 0 bridgehead atoms. The Labute approximate surface area is 171 Å². The molecule has 0 aromatic carbocycles. The van der Waals surface area contributed by atoms with Crippen LogP contribution in [0.2, 0.25) is 0 Å². The summed E-state index contributed by atoms with van der Waals surface area (Å²) in [5.41, 5.74) is -0.176. The lowest BCUT2D eigenvalue weighted by atomic mass is 9.71. The highest BCUT2D eigenvalue weighted by Gasteiger charge is 2.55. The average molecular weight is 402 g/mol. The van der Waals surface area contributed by atoms with Crippen LogP contribution >= 0.6 is 0 Å². The Morgan fingerprint density at radius 3 is 2.90 bits per heavy atom. The van der Waals surface area contributed by atoms with Crippen molar-refractivity contribution in [2.45, 2.75) is 58.9 Å². The summed E-state index contributed by atoms with van der Waals surface area (Å²) in [4.78, 5) is 40.3. The molecule has 1 fully saturated rings. The molecular formula is C22H30N2O5. The number of hydrogen-bond donors (Lipinski definition) is 1. The number of ether oxygens (including phenoxy) is 1. The van der Waals surface area contributed by atoms with Gasteiger partial charge in [-0.05, 0) is 44.7 Å². The molecule has 2 amide bonds. The highest BCUT2D eigenvalue weighted by atomic mass is 16.5. The van der Waals surface area contributed by atoms with Gasteiger partial charge in [-0.3, -0.25) is 14.4 Å². The zero-order chi connectivity index (χ0) is 20.9. The van der Waals surface area contributed by atoms with Crippen molar-refractivity contribution < 1.29 is 23.5 Å². The van der Waals surface area contributed by atoms with Gasteiger partial charge >= 0.3 is 5.97 Å². The number of carbonyl (C=O) groups excluding carboxylic acids is 3. The van der Waals surface area contributed by atoms with Gasteiger partial charge in [-0.2, -0.15) is 0 Å². The molecule has 29 heavy (non-hydrogen) atoms. The van der Waals surface area contributed by atoms with Gasteiger partial charge in [0.2, 0.25) is 11.8 Å². The molecule has 0 radical (unpaired) electrons. The first-order valence-electron chi connectivity index (χ1n) is 10.5. The third-order valence-electron chi connectivity index (χ3n) is 5.74.